The number of ether oxygens (including phenoxy) is 1. The van der Waals surface area contributed by atoms with Crippen molar-refractivity contribution in [2.75, 3.05) is 7.11 Å². The van der Waals surface area contributed by atoms with Crippen LogP contribution in [-0.4, -0.2) is 18.0 Å². The summed E-state index contributed by atoms with van der Waals surface area (Å²) in [5.74, 6) is 0.189. The predicted octanol–water partition coefficient (Wildman–Crippen LogP) is 1.65. The molecule has 0 aliphatic heterocycles. The quantitative estimate of drug-likeness (QED) is 0.830. The van der Waals surface area contributed by atoms with Gasteiger partial charge >= 0.3 is 0 Å². The lowest BCUT2D eigenvalue weighted by molar-refractivity contribution is 0.0996. The van der Waals surface area contributed by atoms with Crippen LogP contribution in [0.4, 0.5) is 0 Å². The number of amides is 1. The normalized spacial score (nSPS) is 10.4. The molecule has 1 aromatic heterocycles. The number of hydrogen-bond acceptors (Lipinski definition) is 3. The average Bonchev–Trinajstić information content (AvgIpc) is 2.28. The van der Waals surface area contributed by atoms with Crippen molar-refractivity contribution >= 4 is 16.8 Å². The van der Waals surface area contributed by atoms with Crippen LogP contribution < -0.4 is 10.5 Å². The standard InChI is InChI=1S/C12H12N2O2/c1-7-5-11(12(13)15)14-10-6-8(16-2)3-4-9(7)10/h3-6H,1-2H3,(H2,13,15). The van der Waals surface area contributed by atoms with Crippen molar-refractivity contribution in [1.82, 2.24) is 4.98 Å². The van der Waals surface area contributed by atoms with Gasteiger partial charge in [0, 0.05) is 11.5 Å². The Balaban J connectivity index is 2.72. The molecule has 0 radical (unpaired) electrons. The van der Waals surface area contributed by atoms with Crippen LogP contribution in [0.5, 0.6) is 5.75 Å². The van der Waals surface area contributed by atoms with Gasteiger partial charge in [-0.15, -0.1) is 0 Å². The highest BCUT2D eigenvalue weighted by molar-refractivity contribution is 5.95. The predicted molar refractivity (Wildman–Crippen MR) is 61.5 cm³/mol. The smallest absolute Gasteiger partial charge is 0.267 e. The third kappa shape index (κ3) is 1.69. The number of pyridine rings is 1. The summed E-state index contributed by atoms with van der Waals surface area (Å²) >= 11 is 0. The molecule has 0 bridgehead atoms. The first-order valence-corrected chi connectivity index (χ1v) is 4.87. The Morgan fingerprint density at radius 2 is 2.12 bits per heavy atom. The van der Waals surface area contributed by atoms with Crippen LogP contribution in [0.15, 0.2) is 24.3 Å². The van der Waals surface area contributed by atoms with Crippen LogP contribution in [-0.2, 0) is 0 Å². The third-order valence-electron chi connectivity index (χ3n) is 2.48. The Hall–Kier alpha value is -2.10. The van der Waals surface area contributed by atoms with Crippen molar-refractivity contribution in [3.63, 3.8) is 0 Å². The fourth-order valence-corrected chi connectivity index (χ4v) is 1.64. The van der Waals surface area contributed by atoms with E-state index >= 15 is 0 Å². The number of primary amides is 1. The molecule has 0 atom stereocenters. The van der Waals surface area contributed by atoms with Gasteiger partial charge < -0.3 is 10.5 Å². The number of nitrogens with zero attached hydrogens (tertiary/aromatic N) is 1. The number of aromatic nitrogens is 1. The van der Waals surface area contributed by atoms with E-state index < -0.39 is 5.91 Å². The van der Waals surface area contributed by atoms with E-state index in [1.165, 1.54) is 0 Å². The van der Waals surface area contributed by atoms with Gasteiger partial charge in [-0.25, -0.2) is 4.98 Å². The molecular weight excluding hydrogens is 204 g/mol. The maximum atomic E-state index is 11.1. The Bertz CT molecular complexity index is 564. The fourth-order valence-electron chi connectivity index (χ4n) is 1.64. The first-order valence-electron chi connectivity index (χ1n) is 4.87. The van der Waals surface area contributed by atoms with Gasteiger partial charge in [-0.3, -0.25) is 4.79 Å². The second-order valence-electron chi connectivity index (χ2n) is 3.57. The first-order chi connectivity index (χ1) is 7.61. The summed E-state index contributed by atoms with van der Waals surface area (Å²) in [5, 5.41) is 0.991. The second kappa shape index (κ2) is 3.81. The molecule has 0 aliphatic carbocycles. The summed E-state index contributed by atoms with van der Waals surface area (Å²) in [6.07, 6.45) is 0. The van der Waals surface area contributed by atoms with Gasteiger partial charge in [-0.1, -0.05) is 0 Å². The number of methoxy groups -OCH3 is 1. The monoisotopic (exact) mass is 216 g/mol. The Morgan fingerprint density at radius 3 is 2.75 bits per heavy atom. The van der Waals surface area contributed by atoms with Crippen molar-refractivity contribution in [2.45, 2.75) is 6.92 Å². The van der Waals surface area contributed by atoms with Gasteiger partial charge in [0.15, 0.2) is 0 Å². The van der Waals surface area contributed by atoms with Crippen LogP contribution in [0, 0.1) is 6.92 Å². The molecule has 0 fully saturated rings. The number of aryl methyl sites for hydroxylation is 1. The molecule has 1 aromatic carbocycles. The minimum atomic E-state index is -0.521. The molecule has 4 heteroatoms. The van der Waals surface area contributed by atoms with Crippen LogP contribution in [0.2, 0.25) is 0 Å². The topological polar surface area (TPSA) is 65.2 Å². The molecule has 16 heavy (non-hydrogen) atoms. The zero-order valence-electron chi connectivity index (χ0n) is 9.15. The van der Waals surface area contributed by atoms with E-state index in [4.69, 9.17) is 10.5 Å². The Labute approximate surface area is 93.0 Å². The lowest BCUT2D eigenvalue weighted by Gasteiger charge is -2.06. The zero-order chi connectivity index (χ0) is 11.7. The van der Waals surface area contributed by atoms with E-state index in [-0.39, 0.29) is 5.69 Å². The molecule has 0 aliphatic rings. The number of rotatable bonds is 2. The van der Waals surface area contributed by atoms with Gasteiger partial charge in [0.25, 0.3) is 5.91 Å². The lowest BCUT2D eigenvalue weighted by Crippen LogP contribution is -2.13. The molecule has 2 rings (SSSR count). The van der Waals surface area contributed by atoms with Crippen molar-refractivity contribution < 1.29 is 9.53 Å². The highest BCUT2D eigenvalue weighted by Crippen LogP contribution is 2.22. The SMILES string of the molecule is COc1ccc2c(C)cc(C(N)=O)nc2c1. The molecule has 1 amide bonds. The van der Waals surface area contributed by atoms with E-state index in [2.05, 4.69) is 4.98 Å². The van der Waals surface area contributed by atoms with Crippen LogP contribution >= 0.6 is 0 Å². The van der Waals surface area contributed by atoms with Gasteiger partial charge in [-0.2, -0.15) is 0 Å². The number of benzene rings is 1. The Kier molecular flexibility index (Phi) is 2.48. The summed E-state index contributed by atoms with van der Waals surface area (Å²) in [7, 11) is 1.59. The van der Waals surface area contributed by atoms with E-state index in [0.717, 1.165) is 10.9 Å². The fraction of sp³-hybridized carbons (Fsp3) is 0.167. The molecule has 4 nitrogen and oxygen atoms in total. The molecule has 0 saturated heterocycles. The molecule has 0 saturated carbocycles. The van der Waals surface area contributed by atoms with Gasteiger partial charge in [0.2, 0.25) is 0 Å². The highest BCUT2D eigenvalue weighted by Gasteiger charge is 2.07. The van der Waals surface area contributed by atoms with E-state index in [9.17, 15) is 4.79 Å². The molecular formula is C12H12N2O2. The van der Waals surface area contributed by atoms with Crippen LogP contribution in [0.1, 0.15) is 16.1 Å². The van der Waals surface area contributed by atoms with Crippen molar-refractivity contribution in [2.24, 2.45) is 5.73 Å². The first kappa shape index (κ1) is 10.4. The summed E-state index contributed by atoms with van der Waals surface area (Å²) in [5.41, 5.74) is 7.18. The lowest BCUT2D eigenvalue weighted by atomic mass is 10.1. The minimum Gasteiger partial charge on any atom is -0.497 e. The summed E-state index contributed by atoms with van der Waals surface area (Å²) < 4.78 is 5.11. The average molecular weight is 216 g/mol. The zero-order valence-corrected chi connectivity index (χ0v) is 9.15. The number of nitrogens with two attached hydrogens (primary N) is 1. The summed E-state index contributed by atoms with van der Waals surface area (Å²) in [6, 6.07) is 7.26. The maximum absolute atomic E-state index is 11.1. The highest BCUT2D eigenvalue weighted by atomic mass is 16.5. The summed E-state index contributed by atoms with van der Waals surface area (Å²) in [4.78, 5) is 15.3. The van der Waals surface area contributed by atoms with Gasteiger partial charge in [0.05, 0.1) is 12.6 Å². The second-order valence-corrected chi connectivity index (χ2v) is 3.57. The Morgan fingerprint density at radius 1 is 1.38 bits per heavy atom. The molecule has 2 aromatic rings. The van der Waals surface area contributed by atoms with Crippen molar-refractivity contribution in [3.05, 3.63) is 35.5 Å². The molecule has 1 heterocycles. The number of fused-ring (bicyclic) bond motifs is 1. The number of carbonyl (C=O) groups excluding carboxylic acids is 1. The van der Waals surface area contributed by atoms with Gasteiger partial charge in [-0.05, 0) is 30.7 Å². The minimum absolute atomic E-state index is 0.276. The largest absolute Gasteiger partial charge is 0.497 e. The van der Waals surface area contributed by atoms with Crippen LogP contribution in [0.3, 0.4) is 0 Å². The molecule has 82 valence electrons. The van der Waals surface area contributed by atoms with Crippen molar-refractivity contribution in [3.8, 4) is 5.75 Å². The van der Waals surface area contributed by atoms with Crippen LogP contribution in [0.25, 0.3) is 10.9 Å². The summed E-state index contributed by atoms with van der Waals surface area (Å²) in [6.45, 7) is 1.92. The molecule has 0 spiro atoms. The maximum Gasteiger partial charge on any atom is 0.267 e. The van der Waals surface area contributed by atoms with E-state index in [0.29, 0.717) is 11.3 Å². The van der Waals surface area contributed by atoms with Crippen molar-refractivity contribution in [1.29, 1.82) is 0 Å². The molecule has 0 unspecified atom stereocenters. The number of carbonyl (C=O) groups is 1. The molecule has 2 N–H and O–H groups in total. The van der Waals surface area contributed by atoms with Gasteiger partial charge in [0.1, 0.15) is 11.4 Å². The van der Waals surface area contributed by atoms with E-state index in [1.54, 1.807) is 19.2 Å². The number of hydrogen-bond donors (Lipinski definition) is 1. The van der Waals surface area contributed by atoms with E-state index in [1.807, 2.05) is 19.1 Å². The third-order valence-corrected chi connectivity index (χ3v) is 2.48.